The Kier molecular flexibility index (Phi) is 15.3. The lowest BCUT2D eigenvalue weighted by atomic mass is 9.49. The van der Waals surface area contributed by atoms with Crippen molar-refractivity contribution in [3.8, 4) is 0 Å². The smallest absolute Gasteiger partial charge is 0.423 e. The molecule has 0 bridgehead atoms. The number of carbonyl (C=O) groups is 2. The van der Waals surface area contributed by atoms with E-state index in [-0.39, 0.29) is 64.2 Å². The van der Waals surface area contributed by atoms with Crippen molar-refractivity contribution >= 4 is 77.0 Å². The van der Waals surface area contributed by atoms with Crippen LogP contribution in [-0.2, 0) is 57.4 Å². The summed E-state index contributed by atoms with van der Waals surface area (Å²) in [5.74, 6) is -1.49. The van der Waals surface area contributed by atoms with Gasteiger partial charge in [-0.1, -0.05) is 0 Å². The van der Waals surface area contributed by atoms with Gasteiger partial charge in [-0.15, -0.1) is 22.7 Å². The van der Waals surface area contributed by atoms with Gasteiger partial charge >= 0.3 is 21.1 Å². The quantitative estimate of drug-likeness (QED) is 0.137. The van der Waals surface area contributed by atoms with Gasteiger partial charge in [0, 0.05) is 32.1 Å². The van der Waals surface area contributed by atoms with Crippen LogP contribution in [0.4, 0.5) is 8.78 Å². The van der Waals surface area contributed by atoms with Gasteiger partial charge in [0.2, 0.25) is 0 Å². The molecule has 12 nitrogen and oxygen atoms in total. The van der Waals surface area contributed by atoms with Gasteiger partial charge in [0.05, 0.1) is 56.6 Å². The second-order valence-corrected chi connectivity index (χ2v) is 21.0. The Hall–Kier alpha value is -3.07. The lowest BCUT2D eigenvalue weighted by Crippen LogP contribution is -2.41. The molecule has 0 radical (unpaired) electrons. The van der Waals surface area contributed by atoms with E-state index < -0.39 is 32.8 Å². The van der Waals surface area contributed by atoms with Gasteiger partial charge in [-0.25, -0.2) is 8.78 Å². The molecule has 0 aromatic carbocycles. The van der Waals surface area contributed by atoms with Crippen LogP contribution in [0.25, 0.3) is 0 Å². The first kappa shape index (κ1) is 48.4. The van der Waals surface area contributed by atoms with Crippen LogP contribution in [0.2, 0.25) is 0 Å². The molecule has 0 unspecified atom stereocenters. The van der Waals surface area contributed by atoms with Gasteiger partial charge in [-0.05, 0) is 158 Å². The Bertz CT molecular complexity index is 2150. The second-order valence-electron chi connectivity index (χ2n) is 17.8. The van der Waals surface area contributed by atoms with Gasteiger partial charge in [-0.3, -0.25) is 19.6 Å². The number of hydrogen-bond donors (Lipinski definition) is 4. The van der Waals surface area contributed by atoms with Crippen molar-refractivity contribution in [1.29, 1.82) is 0 Å². The van der Waals surface area contributed by atoms with Gasteiger partial charge in [0.25, 0.3) is 11.8 Å². The highest BCUT2D eigenvalue weighted by molar-refractivity contribution is 9.10. The van der Waals surface area contributed by atoms with Gasteiger partial charge in [0.15, 0.2) is 0 Å². The van der Waals surface area contributed by atoms with Crippen molar-refractivity contribution in [2.75, 3.05) is 0 Å². The number of fused-ring (bicyclic) bond motifs is 2. The first-order valence-electron chi connectivity index (χ1n) is 20.9. The van der Waals surface area contributed by atoms with E-state index in [1.54, 1.807) is 11.3 Å². The highest BCUT2D eigenvalue weighted by atomic mass is 79.9. The summed E-state index contributed by atoms with van der Waals surface area (Å²) in [6, 6.07) is 6.24. The number of nitrogens with one attached hydrogen (secondary N) is 2. The zero-order valence-corrected chi connectivity index (χ0v) is 39.7. The zero-order chi connectivity index (χ0) is 45.2. The van der Waals surface area contributed by atoms with Crippen molar-refractivity contribution in [2.45, 2.75) is 142 Å². The number of aryl methyl sites for hydroxylation is 4. The molecule has 332 valence electrons. The summed E-state index contributed by atoms with van der Waals surface area (Å²) >= 11 is 6.21. The number of thiophene rings is 2. The molecule has 4 aromatic rings. The van der Waals surface area contributed by atoms with Crippen molar-refractivity contribution in [3.05, 3.63) is 94.8 Å². The first-order chi connectivity index (χ1) is 29.1. The molecule has 4 N–H and O–H groups in total. The maximum absolute atomic E-state index is 13.8. The Morgan fingerprint density at radius 1 is 0.677 bits per heavy atom. The molecular formula is C42H54B3BrF2N4O8S2. The number of halogens is 3. The molecule has 0 saturated carbocycles. The molecule has 2 aliphatic heterocycles. The third-order valence-corrected chi connectivity index (χ3v) is 15.1. The number of amides is 2. The van der Waals surface area contributed by atoms with Gasteiger partial charge in [-0.2, -0.15) is 0 Å². The van der Waals surface area contributed by atoms with Gasteiger partial charge in [0.1, 0.15) is 11.6 Å². The number of pyridine rings is 2. The van der Waals surface area contributed by atoms with Crippen LogP contribution in [0, 0.1) is 11.6 Å². The monoisotopic (exact) mass is 956 g/mol. The highest BCUT2D eigenvalue weighted by Crippen LogP contribution is 2.43. The number of aromatic nitrogens is 2. The highest BCUT2D eigenvalue weighted by Gasteiger charge is 2.63. The van der Waals surface area contributed by atoms with E-state index in [2.05, 4.69) is 36.5 Å². The maximum atomic E-state index is 13.8. The summed E-state index contributed by atoms with van der Waals surface area (Å²) in [4.78, 5) is 36.1. The molecule has 0 atom stereocenters. The van der Waals surface area contributed by atoms with E-state index >= 15 is 0 Å². The molecule has 4 aliphatic rings. The fourth-order valence-electron chi connectivity index (χ4n) is 7.03. The van der Waals surface area contributed by atoms with Crippen LogP contribution in [0.5, 0.6) is 0 Å². The molecule has 2 saturated heterocycles. The van der Waals surface area contributed by atoms with Crippen molar-refractivity contribution < 1.29 is 47.0 Å². The SMILES string of the molecule is CC1(C)OB(B2OC(C)(C)C(C)(C)O2)OC1(C)C.O=C(NCc1ncc(B(O)O)cc1F)c1cc2c(s1)CCCC2.O=C(NCc1ncc(Br)cc1F)c1cc2c(s1)CCCC2. The Balaban J connectivity index is 0.000000156. The molecule has 20 heteroatoms. The third kappa shape index (κ3) is 11.4. The van der Waals surface area contributed by atoms with Crippen LogP contribution in [0.1, 0.15) is 133 Å². The van der Waals surface area contributed by atoms with Crippen LogP contribution in [0.15, 0.2) is 41.1 Å². The standard InChI is InChI=1S/C15H16BFN2O3S.C15H14BrFN2OS.C12H24B2O4/c17-11-6-10(16(21)22)7-18-12(11)8-19-15(20)14-5-9-3-1-2-4-13(9)23-14;16-10-6-11(17)12(18-7-10)8-19-15(20)14-5-9-3-1-2-4-13(9)21-14;1-9(2)10(3,4)16-13(15-9)14-17-11(5,6)12(7,8)18-14/h5-7,21-22H,1-4,8H2,(H,19,20);5-7H,1-4,8H2,(H,19,20);1-8H3. The minimum Gasteiger partial charge on any atom is -0.423 e. The molecular weight excluding hydrogens is 903 g/mol. The second kappa shape index (κ2) is 19.6. The van der Waals surface area contributed by atoms with Crippen molar-refractivity contribution in [2.24, 2.45) is 0 Å². The van der Waals surface area contributed by atoms with E-state index in [9.17, 15) is 18.4 Å². The normalized spacial score (nSPS) is 19.0. The number of rotatable bonds is 8. The summed E-state index contributed by atoms with van der Waals surface area (Å²) in [5, 5.41) is 23.3. The van der Waals surface area contributed by atoms with E-state index in [1.165, 1.54) is 63.5 Å². The van der Waals surface area contributed by atoms with E-state index in [0.29, 0.717) is 14.2 Å². The Morgan fingerprint density at radius 3 is 1.44 bits per heavy atom. The lowest BCUT2D eigenvalue weighted by Gasteiger charge is -2.32. The zero-order valence-electron chi connectivity index (χ0n) is 36.5. The predicted octanol–water partition coefficient (Wildman–Crippen LogP) is 6.87. The summed E-state index contributed by atoms with van der Waals surface area (Å²) in [7, 11) is -2.72. The molecule has 2 fully saturated rings. The Labute approximate surface area is 379 Å². The van der Waals surface area contributed by atoms with Gasteiger partial charge < -0.3 is 39.3 Å². The number of nitrogens with zero attached hydrogens (tertiary/aromatic N) is 2. The third-order valence-electron chi connectivity index (χ3n) is 12.2. The van der Waals surface area contributed by atoms with E-state index in [4.69, 9.17) is 28.7 Å². The van der Waals surface area contributed by atoms with Crippen LogP contribution in [0.3, 0.4) is 0 Å². The molecule has 2 amide bonds. The first-order valence-corrected chi connectivity index (χ1v) is 23.3. The topological polar surface area (TPSA) is 161 Å². The minimum absolute atomic E-state index is 0.0245. The largest absolute Gasteiger partial charge is 0.490 e. The maximum Gasteiger partial charge on any atom is 0.490 e. The average Bonchev–Trinajstić information content (AvgIpc) is 3.94. The van der Waals surface area contributed by atoms with Crippen molar-refractivity contribution in [1.82, 2.24) is 20.6 Å². The number of hydrogen-bond acceptors (Lipinski definition) is 12. The van der Waals surface area contributed by atoms with E-state index in [1.807, 2.05) is 67.5 Å². The molecule has 2 aliphatic carbocycles. The fraction of sp³-hybridized carbons (Fsp3) is 0.524. The van der Waals surface area contributed by atoms with E-state index in [0.717, 1.165) is 44.6 Å². The summed E-state index contributed by atoms with van der Waals surface area (Å²) in [6.07, 6.45) is 11.6. The van der Waals surface area contributed by atoms with Crippen LogP contribution in [-0.4, -0.2) is 75.4 Å². The summed E-state index contributed by atoms with van der Waals surface area (Å²) in [6.45, 7) is 16.3. The molecule has 8 rings (SSSR count). The molecule has 62 heavy (non-hydrogen) atoms. The Morgan fingerprint density at radius 2 is 1.06 bits per heavy atom. The average molecular weight is 957 g/mol. The molecule has 0 spiro atoms. The molecule has 4 aromatic heterocycles. The van der Waals surface area contributed by atoms with Crippen LogP contribution < -0.4 is 16.1 Å². The lowest BCUT2D eigenvalue weighted by molar-refractivity contribution is 0.00578. The summed E-state index contributed by atoms with van der Waals surface area (Å²) < 4.78 is 51.9. The van der Waals surface area contributed by atoms with Crippen molar-refractivity contribution in [3.63, 3.8) is 0 Å². The number of carbonyl (C=O) groups excluding carboxylic acids is 2. The predicted molar refractivity (Wildman–Crippen MR) is 242 cm³/mol. The minimum atomic E-state index is -1.77. The van der Waals surface area contributed by atoms with Crippen LogP contribution >= 0.6 is 38.6 Å². The summed E-state index contributed by atoms with van der Waals surface area (Å²) in [5.41, 5.74) is 1.38. The molecule has 6 heterocycles. The fourth-order valence-corrected chi connectivity index (χ4v) is 9.68.